The Hall–Kier alpha value is -4.17. The number of rotatable bonds is 3. The number of nitrogens with zero attached hydrogens (tertiary/aromatic N) is 4. The number of aliphatic imine (C=N–C) groups is 1. The lowest BCUT2D eigenvalue weighted by atomic mass is 9.91. The van der Waals surface area contributed by atoms with Gasteiger partial charge in [-0.3, -0.25) is 24.3 Å². The van der Waals surface area contributed by atoms with Crippen molar-refractivity contribution in [3.05, 3.63) is 77.4 Å². The van der Waals surface area contributed by atoms with E-state index in [9.17, 15) is 14.4 Å². The molecule has 8 heteroatoms. The first kappa shape index (κ1) is 21.4. The molecule has 8 nitrogen and oxygen atoms in total. The van der Waals surface area contributed by atoms with Gasteiger partial charge in [0.25, 0.3) is 11.8 Å². The predicted octanol–water partition coefficient (Wildman–Crippen LogP) is 2.92. The number of carbonyl (C=O) groups excluding carboxylic acids is 3. The van der Waals surface area contributed by atoms with Crippen molar-refractivity contribution in [3.63, 3.8) is 0 Å². The van der Waals surface area contributed by atoms with Crippen LogP contribution < -0.4 is 9.80 Å². The van der Waals surface area contributed by atoms with Gasteiger partial charge in [-0.1, -0.05) is 18.2 Å². The van der Waals surface area contributed by atoms with E-state index in [1.807, 2.05) is 56.4 Å². The Morgan fingerprint density at radius 1 is 1.09 bits per heavy atom. The van der Waals surface area contributed by atoms with Gasteiger partial charge >= 0.3 is 5.91 Å². The van der Waals surface area contributed by atoms with E-state index in [1.54, 1.807) is 23.0 Å². The number of benzene rings is 1. The molecule has 0 spiro atoms. The molecule has 1 atom stereocenters. The Morgan fingerprint density at radius 3 is 2.74 bits per heavy atom. The fourth-order valence-electron chi connectivity index (χ4n) is 5.58. The monoisotopic (exact) mass is 466 g/mol. The van der Waals surface area contributed by atoms with E-state index >= 15 is 0 Å². The molecule has 3 aliphatic rings. The lowest BCUT2D eigenvalue weighted by Gasteiger charge is -2.34. The number of amides is 3. The van der Waals surface area contributed by atoms with E-state index < -0.39 is 11.8 Å². The third kappa shape index (κ3) is 2.99. The zero-order chi connectivity index (χ0) is 24.3. The van der Waals surface area contributed by atoms with Crippen molar-refractivity contribution in [2.75, 3.05) is 13.1 Å². The van der Waals surface area contributed by atoms with Gasteiger partial charge in [-0.15, -0.1) is 0 Å². The van der Waals surface area contributed by atoms with Crippen molar-refractivity contribution in [1.29, 1.82) is 0 Å². The molecule has 2 aromatic heterocycles. The molecular weight excluding hydrogens is 442 g/mol. The molecule has 0 aliphatic carbocycles. The van der Waals surface area contributed by atoms with Gasteiger partial charge in [0.15, 0.2) is 5.69 Å². The highest BCUT2D eigenvalue weighted by Crippen LogP contribution is 2.46. The average molecular weight is 467 g/mol. The number of quaternary nitrogens is 1. The third-order valence-corrected chi connectivity index (χ3v) is 7.09. The van der Waals surface area contributed by atoms with E-state index in [-0.39, 0.29) is 27.5 Å². The molecule has 0 radical (unpaired) electrons. The number of hydrogen-bond acceptors (Lipinski definition) is 5. The van der Waals surface area contributed by atoms with E-state index in [4.69, 9.17) is 0 Å². The summed E-state index contributed by atoms with van der Waals surface area (Å²) in [6.45, 7) is 4.93. The van der Waals surface area contributed by atoms with Gasteiger partial charge < -0.3 is 0 Å². The molecule has 1 unspecified atom stereocenters. The molecule has 0 bridgehead atoms. The van der Waals surface area contributed by atoms with Gasteiger partial charge in [-0.05, 0) is 32.0 Å². The Morgan fingerprint density at radius 2 is 1.91 bits per heavy atom. The first-order valence-electron chi connectivity index (χ1n) is 11.7. The topological polar surface area (TPSA) is 92.9 Å². The lowest BCUT2D eigenvalue weighted by molar-refractivity contribution is -0.132. The van der Waals surface area contributed by atoms with Crippen LogP contribution in [0.5, 0.6) is 0 Å². The lowest BCUT2D eigenvalue weighted by Crippen LogP contribution is -2.56. The summed E-state index contributed by atoms with van der Waals surface area (Å²) in [5.41, 5.74) is 4.97. The summed E-state index contributed by atoms with van der Waals surface area (Å²) in [6, 6.07) is 11.5. The number of para-hydroxylation sites is 1. The maximum absolute atomic E-state index is 13.6. The summed E-state index contributed by atoms with van der Waals surface area (Å²) in [5.74, 6) is -1.01. The van der Waals surface area contributed by atoms with Crippen LogP contribution in [0.2, 0.25) is 0 Å². The summed E-state index contributed by atoms with van der Waals surface area (Å²) < 4.78 is 1.95. The highest BCUT2D eigenvalue weighted by atomic mass is 16.2. The Labute approximate surface area is 201 Å². The molecule has 35 heavy (non-hydrogen) atoms. The van der Waals surface area contributed by atoms with Crippen LogP contribution in [0.4, 0.5) is 5.69 Å². The number of carbonyl (C=O) groups is 3. The van der Waals surface area contributed by atoms with Gasteiger partial charge in [0, 0.05) is 35.5 Å². The molecule has 1 aromatic carbocycles. The van der Waals surface area contributed by atoms with Crippen LogP contribution in [0, 0.1) is 5.92 Å². The second kappa shape index (κ2) is 7.68. The maximum Gasteiger partial charge on any atom is 0.321 e. The number of imidazole rings is 1. The van der Waals surface area contributed by atoms with Crippen molar-refractivity contribution in [2.45, 2.75) is 20.3 Å². The second-order valence-corrected chi connectivity index (χ2v) is 9.41. The largest absolute Gasteiger partial charge is 0.321 e. The zero-order valence-electron chi connectivity index (χ0n) is 19.5. The smallest absolute Gasteiger partial charge is 0.299 e. The van der Waals surface area contributed by atoms with Crippen LogP contribution in [0.25, 0.3) is 16.8 Å². The van der Waals surface area contributed by atoms with Crippen molar-refractivity contribution in [1.82, 2.24) is 19.2 Å². The van der Waals surface area contributed by atoms with Crippen molar-refractivity contribution in [2.24, 2.45) is 10.9 Å². The van der Waals surface area contributed by atoms with Gasteiger partial charge in [0.05, 0.1) is 41.7 Å². The molecule has 6 rings (SSSR count). The fraction of sp³-hybridized carbons (Fsp3) is 0.222. The van der Waals surface area contributed by atoms with Crippen molar-refractivity contribution < 1.29 is 14.4 Å². The van der Waals surface area contributed by atoms with Crippen LogP contribution in [0.15, 0.2) is 65.6 Å². The number of pyridine rings is 1. The molecule has 1 N–H and O–H groups in total. The molecule has 174 valence electrons. The zero-order valence-corrected chi connectivity index (χ0v) is 19.5. The molecule has 3 amide bonds. The molecule has 3 aromatic rings. The molecule has 0 saturated carbocycles. The summed E-state index contributed by atoms with van der Waals surface area (Å²) in [4.78, 5) is 48.8. The minimum absolute atomic E-state index is 0.117. The van der Waals surface area contributed by atoms with Crippen molar-refractivity contribution >= 4 is 46.4 Å². The first-order chi connectivity index (χ1) is 16.9. The van der Waals surface area contributed by atoms with Crippen LogP contribution in [-0.4, -0.2) is 46.4 Å². The quantitative estimate of drug-likeness (QED) is 0.475. The van der Waals surface area contributed by atoms with Gasteiger partial charge in [-0.2, -0.15) is 0 Å². The Bertz CT molecular complexity index is 1540. The van der Waals surface area contributed by atoms with E-state index in [0.29, 0.717) is 30.0 Å². The highest BCUT2D eigenvalue weighted by molar-refractivity contribution is 6.40. The van der Waals surface area contributed by atoms with Crippen LogP contribution in [-0.2, 0) is 20.8 Å². The second-order valence-electron chi connectivity index (χ2n) is 9.41. The van der Waals surface area contributed by atoms with Gasteiger partial charge in [0.1, 0.15) is 12.2 Å². The standard InChI is InChI=1S/C27H23N5O3/c1-16(2)27(35)32-12-9-17-6-5-7-18(24(17)32)19(14-28-10-13-32)22-23(26(34)30-25(22)33)20-15-29-21-8-3-4-11-31(20)21/h3-8,10-11,14-16H,9,12-13H2,1-2H3/p+1. The number of fused-ring (bicyclic) bond motifs is 1. The summed E-state index contributed by atoms with van der Waals surface area (Å²) in [7, 11) is 0. The van der Waals surface area contributed by atoms with Gasteiger partial charge in [0.2, 0.25) is 0 Å². The number of aromatic nitrogens is 2. The SMILES string of the molecule is CC(C)C(=O)[N+]12CC=NC=C(C3=C(c4cnc5ccccn45)C(=O)NC3=O)c3cccc(c31)CC2. The average Bonchev–Trinajstić information content (AvgIpc) is 3.51. The molecule has 5 heterocycles. The normalized spacial score (nSPS) is 21.3. The Kier molecular flexibility index (Phi) is 4.69. The minimum Gasteiger partial charge on any atom is -0.299 e. The van der Waals surface area contributed by atoms with Crippen molar-refractivity contribution in [3.8, 4) is 0 Å². The summed E-state index contributed by atoms with van der Waals surface area (Å²) >= 11 is 0. The minimum atomic E-state index is -0.484. The van der Waals surface area contributed by atoms with Crippen LogP contribution >= 0.6 is 0 Å². The third-order valence-electron chi connectivity index (χ3n) is 7.09. The van der Waals surface area contributed by atoms with Crippen LogP contribution in [0.3, 0.4) is 0 Å². The van der Waals surface area contributed by atoms with Gasteiger partial charge in [-0.25, -0.2) is 14.3 Å². The maximum atomic E-state index is 13.6. The molecule has 0 saturated heterocycles. The summed E-state index contributed by atoms with van der Waals surface area (Å²) in [6.07, 6.45) is 7.56. The van der Waals surface area contributed by atoms with E-state index in [1.165, 1.54) is 0 Å². The summed E-state index contributed by atoms with van der Waals surface area (Å²) in [5, 5.41) is 2.47. The van der Waals surface area contributed by atoms with E-state index in [0.717, 1.165) is 23.2 Å². The number of nitrogens with one attached hydrogen (secondary N) is 1. The molecule has 3 aliphatic heterocycles. The van der Waals surface area contributed by atoms with E-state index in [2.05, 4.69) is 15.3 Å². The molecule has 0 fully saturated rings. The highest BCUT2D eigenvalue weighted by Gasteiger charge is 2.49. The first-order valence-corrected chi connectivity index (χ1v) is 11.7. The predicted molar refractivity (Wildman–Crippen MR) is 133 cm³/mol. The number of hydrogen-bond donors (Lipinski definition) is 1. The number of imide groups is 1. The fourth-order valence-corrected chi connectivity index (χ4v) is 5.58. The Balaban J connectivity index is 1.64. The molecular formula is C27H24N5O3+. The van der Waals surface area contributed by atoms with Crippen LogP contribution in [0.1, 0.15) is 30.7 Å².